The highest BCUT2D eigenvalue weighted by Gasteiger charge is 2.32. The van der Waals surface area contributed by atoms with Gasteiger partial charge >= 0.3 is 5.97 Å². The highest BCUT2D eigenvalue weighted by Crippen LogP contribution is 2.40. The maximum Gasteiger partial charge on any atom is 0.334 e. The summed E-state index contributed by atoms with van der Waals surface area (Å²) >= 11 is 0. The van der Waals surface area contributed by atoms with Gasteiger partial charge in [0.1, 0.15) is 0 Å². The zero-order valence-corrected chi connectivity index (χ0v) is 14.0. The van der Waals surface area contributed by atoms with Crippen molar-refractivity contribution >= 4 is 5.97 Å². The summed E-state index contributed by atoms with van der Waals surface area (Å²) in [5.41, 5.74) is 0. The van der Waals surface area contributed by atoms with Gasteiger partial charge in [0.15, 0.2) is 6.10 Å². The van der Waals surface area contributed by atoms with Gasteiger partial charge in [0, 0.05) is 0 Å². The largest absolute Gasteiger partial charge is 0.467 e. The topological polar surface area (TPSA) is 35.5 Å². The van der Waals surface area contributed by atoms with Crippen molar-refractivity contribution < 1.29 is 14.3 Å². The normalized spacial score (nSPS) is 35.2. The Bertz CT molecular complexity index is 312. The molecule has 0 aromatic carbocycles. The number of esters is 1. The van der Waals surface area contributed by atoms with Gasteiger partial charge < -0.3 is 9.47 Å². The van der Waals surface area contributed by atoms with Crippen LogP contribution in [0.15, 0.2) is 0 Å². The molecule has 0 heterocycles. The van der Waals surface area contributed by atoms with E-state index in [1.54, 1.807) is 0 Å². The van der Waals surface area contributed by atoms with E-state index in [1.165, 1.54) is 45.6 Å². The minimum absolute atomic E-state index is 0.221. The first-order chi connectivity index (χ1) is 10.1. The van der Waals surface area contributed by atoms with Crippen molar-refractivity contribution in [2.24, 2.45) is 17.8 Å². The maximum atomic E-state index is 11.6. The van der Waals surface area contributed by atoms with Crippen molar-refractivity contribution in [1.82, 2.24) is 0 Å². The Hall–Kier alpha value is -0.570. The molecule has 2 aliphatic carbocycles. The minimum atomic E-state index is -0.368. The standard InChI is InChI=1S/C18H32O3/c1-4-17(18(19)20-3)21-16-11-9-15(10-12-16)14-7-5-13(2)6-8-14/h13-17H,4-12H2,1-3H3. The molecular weight excluding hydrogens is 264 g/mol. The van der Waals surface area contributed by atoms with E-state index in [1.807, 2.05) is 6.92 Å². The third-order valence-electron chi connectivity index (χ3n) is 5.64. The quantitative estimate of drug-likeness (QED) is 0.708. The molecule has 1 atom stereocenters. The fraction of sp³-hybridized carbons (Fsp3) is 0.944. The summed E-state index contributed by atoms with van der Waals surface area (Å²) in [5.74, 6) is 2.56. The van der Waals surface area contributed by atoms with Gasteiger partial charge in [-0.05, 0) is 62.7 Å². The first-order valence-corrected chi connectivity index (χ1v) is 8.87. The summed E-state index contributed by atoms with van der Waals surface area (Å²) < 4.78 is 10.8. The Balaban J connectivity index is 1.74. The van der Waals surface area contributed by atoms with E-state index in [2.05, 4.69) is 6.92 Å². The van der Waals surface area contributed by atoms with E-state index in [0.29, 0.717) is 6.42 Å². The Labute approximate surface area is 129 Å². The molecule has 0 aliphatic heterocycles. The summed E-state index contributed by atoms with van der Waals surface area (Å²) in [6, 6.07) is 0. The molecule has 0 spiro atoms. The Morgan fingerprint density at radius 2 is 1.52 bits per heavy atom. The number of rotatable bonds is 5. The highest BCUT2D eigenvalue weighted by molar-refractivity contribution is 5.74. The van der Waals surface area contributed by atoms with Gasteiger partial charge in [-0.25, -0.2) is 4.79 Å². The molecule has 0 bridgehead atoms. The molecule has 2 rings (SSSR count). The SMILES string of the molecule is CCC(OC1CCC(C2CCC(C)CC2)CC1)C(=O)OC. The van der Waals surface area contributed by atoms with Crippen LogP contribution in [0.4, 0.5) is 0 Å². The van der Waals surface area contributed by atoms with Crippen molar-refractivity contribution in [2.45, 2.75) is 83.8 Å². The van der Waals surface area contributed by atoms with Crippen molar-refractivity contribution in [3.05, 3.63) is 0 Å². The zero-order chi connectivity index (χ0) is 15.2. The average molecular weight is 296 g/mol. The molecule has 122 valence electrons. The second-order valence-corrected chi connectivity index (χ2v) is 7.11. The van der Waals surface area contributed by atoms with Crippen LogP contribution in [-0.2, 0) is 14.3 Å². The van der Waals surface area contributed by atoms with E-state index in [4.69, 9.17) is 9.47 Å². The lowest BCUT2D eigenvalue weighted by molar-refractivity contribution is -0.160. The molecule has 0 saturated heterocycles. The van der Waals surface area contributed by atoms with Crippen molar-refractivity contribution in [2.75, 3.05) is 7.11 Å². The Morgan fingerprint density at radius 3 is 2.00 bits per heavy atom. The number of carbonyl (C=O) groups is 1. The molecule has 1 unspecified atom stereocenters. The first-order valence-electron chi connectivity index (χ1n) is 8.87. The summed E-state index contributed by atoms with van der Waals surface area (Å²) in [7, 11) is 1.44. The fourth-order valence-electron chi connectivity index (χ4n) is 4.14. The van der Waals surface area contributed by atoms with Crippen LogP contribution in [0.1, 0.15) is 71.6 Å². The molecule has 2 aliphatic rings. The number of carbonyl (C=O) groups excluding carboxylic acids is 1. The first kappa shape index (κ1) is 16.8. The third kappa shape index (κ3) is 4.70. The summed E-state index contributed by atoms with van der Waals surface area (Å²) in [6.07, 6.45) is 11.1. The summed E-state index contributed by atoms with van der Waals surface area (Å²) in [6.45, 7) is 4.37. The molecule has 2 fully saturated rings. The molecule has 0 radical (unpaired) electrons. The molecule has 0 N–H and O–H groups in total. The lowest BCUT2D eigenvalue weighted by Crippen LogP contribution is -2.34. The van der Waals surface area contributed by atoms with Gasteiger partial charge in [0.25, 0.3) is 0 Å². The molecule has 0 aromatic rings. The lowest BCUT2D eigenvalue weighted by atomic mass is 9.71. The van der Waals surface area contributed by atoms with Gasteiger partial charge in [0.2, 0.25) is 0 Å². The van der Waals surface area contributed by atoms with E-state index in [-0.39, 0.29) is 18.2 Å². The molecule has 3 nitrogen and oxygen atoms in total. The van der Waals surface area contributed by atoms with E-state index < -0.39 is 0 Å². The Morgan fingerprint density at radius 1 is 1.00 bits per heavy atom. The van der Waals surface area contributed by atoms with Crippen LogP contribution >= 0.6 is 0 Å². The van der Waals surface area contributed by atoms with Crippen molar-refractivity contribution in [1.29, 1.82) is 0 Å². The zero-order valence-electron chi connectivity index (χ0n) is 14.0. The number of methoxy groups -OCH3 is 1. The smallest absolute Gasteiger partial charge is 0.334 e. The highest BCUT2D eigenvalue weighted by atomic mass is 16.6. The number of ether oxygens (including phenoxy) is 2. The van der Waals surface area contributed by atoms with Crippen LogP contribution in [-0.4, -0.2) is 25.3 Å². The fourth-order valence-corrected chi connectivity index (χ4v) is 4.14. The van der Waals surface area contributed by atoms with Crippen molar-refractivity contribution in [3.8, 4) is 0 Å². The summed E-state index contributed by atoms with van der Waals surface area (Å²) in [5, 5.41) is 0. The van der Waals surface area contributed by atoms with E-state index in [9.17, 15) is 4.79 Å². The van der Waals surface area contributed by atoms with Gasteiger partial charge in [-0.1, -0.05) is 26.7 Å². The van der Waals surface area contributed by atoms with E-state index in [0.717, 1.165) is 30.6 Å². The van der Waals surface area contributed by atoms with Gasteiger partial charge in [-0.2, -0.15) is 0 Å². The van der Waals surface area contributed by atoms with Gasteiger partial charge in [0.05, 0.1) is 13.2 Å². The number of hydrogen-bond acceptors (Lipinski definition) is 3. The van der Waals surface area contributed by atoms with Crippen LogP contribution < -0.4 is 0 Å². The monoisotopic (exact) mass is 296 g/mol. The second kappa shape index (κ2) is 8.17. The van der Waals surface area contributed by atoms with Crippen LogP contribution in [0.3, 0.4) is 0 Å². The minimum Gasteiger partial charge on any atom is -0.467 e. The van der Waals surface area contributed by atoms with Crippen LogP contribution in [0.5, 0.6) is 0 Å². The van der Waals surface area contributed by atoms with Crippen molar-refractivity contribution in [3.63, 3.8) is 0 Å². The third-order valence-corrected chi connectivity index (χ3v) is 5.64. The lowest BCUT2D eigenvalue weighted by Gasteiger charge is -2.37. The van der Waals surface area contributed by atoms with Crippen LogP contribution in [0, 0.1) is 17.8 Å². The van der Waals surface area contributed by atoms with Gasteiger partial charge in [-0.3, -0.25) is 0 Å². The van der Waals surface area contributed by atoms with Crippen LogP contribution in [0.2, 0.25) is 0 Å². The average Bonchev–Trinajstić information content (AvgIpc) is 2.53. The molecule has 3 heteroatoms. The van der Waals surface area contributed by atoms with E-state index >= 15 is 0 Å². The molecule has 0 amide bonds. The maximum absolute atomic E-state index is 11.6. The molecule has 21 heavy (non-hydrogen) atoms. The Kier molecular flexibility index (Phi) is 6.53. The van der Waals surface area contributed by atoms with Gasteiger partial charge in [-0.15, -0.1) is 0 Å². The molecule has 2 saturated carbocycles. The van der Waals surface area contributed by atoms with Crippen LogP contribution in [0.25, 0.3) is 0 Å². The number of hydrogen-bond donors (Lipinski definition) is 0. The predicted molar refractivity (Wildman–Crippen MR) is 84.0 cm³/mol. The molecular formula is C18H32O3. The summed E-state index contributed by atoms with van der Waals surface area (Å²) in [4.78, 5) is 11.6. The molecule has 0 aromatic heterocycles. The second-order valence-electron chi connectivity index (χ2n) is 7.11. The predicted octanol–water partition coefficient (Wildman–Crippen LogP) is 4.34.